The van der Waals surface area contributed by atoms with Crippen LogP contribution in [0.1, 0.15) is 27.9 Å². The Morgan fingerprint density at radius 1 is 1.17 bits per heavy atom. The van der Waals surface area contributed by atoms with Crippen LogP contribution in [0.15, 0.2) is 18.2 Å². The van der Waals surface area contributed by atoms with E-state index in [1.54, 1.807) is 6.07 Å². The fourth-order valence-corrected chi connectivity index (χ4v) is 1.73. The van der Waals surface area contributed by atoms with E-state index in [0.29, 0.717) is 5.56 Å². The first-order valence-electron chi connectivity index (χ1n) is 5.68. The molecule has 0 radical (unpaired) electrons. The van der Waals surface area contributed by atoms with E-state index < -0.39 is 6.29 Å². The highest BCUT2D eigenvalue weighted by molar-refractivity contribution is 6.09. The summed E-state index contributed by atoms with van der Waals surface area (Å²) in [4.78, 5) is 23.7. The standard InChI is InChI=1S/C14H18O4/c1-9-5-6-10(2)11(7-9)12(15)8-13(16)14(17-3)18-4/h5-7,14H,8H2,1-4H3. The molecule has 4 heteroatoms. The van der Waals surface area contributed by atoms with Crippen LogP contribution < -0.4 is 0 Å². The van der Waals surface area contributed by atoms with Gasteiger partial charge in [0, 0.05) is 19.8 Å². The third kappa shape index (κ3) is 3.48. The topological polar surface area (TPSA) is 52.6 Å². The molecule has 0 saturated carbocycles. The number of benzene rings is 1. The number of methoxy groups -OCH3 is 2. The highest BCUT2D eigenvalue weighted by Gasteiger charge is 2.21. The Morgan fingerprint density at radius 3 is 2.33 bits per heavy atom. The first kappa shape index (κ1) is 14.5. The van der Waals surface area contributed by atoms with E-state index in [1.165, 1.54) is 14.2 Å². The van der Waals surface area contributed by atoms with Gasteiger partial charge in [-0.05, 0) is 25.5 Å². The number of hydrogen-bond donors (Lipinski definition) is 0. The Bertz CT molecular complexity index is 447. The van der Waals surface area contributed by atoms with Gasteiger partial charge in [0.15, 0.2) is 11.6 Å². The van der Waals surface area contributed by atoms with E-state index >= 15 is 0 Å². The molecule has 0 fully saturated rings. The van der Waals surface area contributed by atoms with E-state index in [9.17, 15) is 9.59 Å². The molecular formula is C14H18O4. The Labute approximate surface area is 107 Å². The second kappa shape index (κ2) is 6.42. The quantitative estimate of drug-likeness (QED) is 0.440. The van der Waals surface area contributed by atoms with Crippen LogP contribution >= 0.6 is 0 Å². The van der Waals surface area contributed by atoms with Gasteiger partial charge < -0.3 is 9.47 Å². The lowest BCUT2D eigenvalue weighted by molar-refractivity contribution is -0.155. The highest BCUT2D eigenvalue weighted by atomic mass is 16.7. The summed E-state index contributed by atoms with van der Waals surface area (Å²) in [6, 6.07) is 5.60. The molecule has 0 unspecified atom stereocenters. The zero-order valence-electron chi connectivity index (χ0n) is 11.1. The molecule has 1 aromatic rings. The highest BCUT2D eigenvalue weighted by Crippen LogP contribution is 2.14. The predicted octanol–water partition coefficient (Wildman–Crippen LogP) is 2.06. The Balaban J connectivity index is 2.82. The smallest absolute Gasteiger partial charge is 0.217 e. The summed E-state index contributed by atoms with van der Waals surface area (Å²) < 4.78 is 9.66. The van der Waals surface area contributed by atoms with Crippen molar-refractivity contribution in [3.63, 3.8) is 0 Å². The lowest BCUT2D eigenvalue weighted by Gasteiger charge is -2.12. The number of ether oxygens (including phenoxy) is 2. The number of carbonyl (C=O) groups excluding carboxylic acids is 2. The van der Waals surface area contributed by atoms with Crippen molar-refractivity contribution >= 4 is 11.6 Å². The minimum Gasteiger partial charge on any atom is -0.349 e. The SMILES string of the molecule is COC(OC)C(=O)CC(=O)c1cc(C)ccc1C. The molecule has 0 aromatic heterocycles. The largest absolute Gasteiger partial charge is 0.349 e. The van der Waals surface area contributed by atoms with Gasteiger partial charge >= 0.3 is 0 Å². The van der Waals surface area contributed by atoms with Crippen molar-refractivity contribution < 1.29 is 19.1 Å². The number of ketones is 2. The van der Waals surface area contributed by atoms with Gasteiger partial charge in [0.1, 0.15) is 0 Å². The summed E-state index contributed by atoms with van der Waals surface area (Å²) in [6.45, 7) is 3.76. The normalized spacial score (nSPS) is 10.7. The molecule has 0 amide bonds. The fraction of sp³-hybridized carbons (Fsp3) is 0.429. The molecule has 0 spiro atoms. The number of Topliss-reactive ketones (excluding diaryl/α,β-unsaturated/α-hetero) is 2. The van der Waals surface area contributed by atoms with E-state index in [0.717, 1.165) is 11.1 Å². The number of aryl methyl sites for hydroxylation is 2. The second-order valence-corrected chi connectivity index (χ2v) is 4.19. The maximum atomic E-state index is 12.0. The van der Waals surface area contributed by atoms with Gasteiger partial charge in [-0.15, -0.1) is 0 Å². The van der Waals surface area contributed by atoms with Gasteiger partial charge in [-0.1, -0.05) is 17.7 Å². The third-order valence-electron chi connectivity index (χ3n) is 2.72. The summed E-state index contributed by atoms with van der Waals surface area (Å²) in [5.41, 5.74) is 2.44. The van der Waals surface area contributed by atoms with Crippen molar-refractivity contribution in [3.05, 3.63) is 34.9 Å². The van der Waals surface area contributed by atoms with Crippen LogP contribution in [-0.4, -0.2) is 32.1 Å². The van der Waals surface area contributed by atoms with E-state index in [4.69, 9.17) is 9.47 Å². The lowest BCUT2D eigenvalue weighted by atomic mass is 9.99. The number of hydrogen-bond acceptors (Lipinski definition) is 4. The summed E-state index contributed by atoms with van der Waals surface area (Å²) >= 11 is 0. The fourth-order valence-electron chi connectivity index (χ4n) is 1.73. The van der Waals surface area contributed by atoms with Crippen LogP contribution in [0.5, 0.6) is 0 Å². The van der Waals surface area contributed by atoms with Crippen LogP contribution in [0.25, 0.3) is 0 Å². The molecule has 0 aliphatic rings. The number of carbonyl (C=O) groups is 2. The van der Waals surface area contributed by atoms with E-state index in [-0.39, 0.29) is 18.0 Å². The van der Waals surface area contributed by atoms with Crippen molar-refractivity contribution in [2.24, 2.45) is 0 Å². The molecule has 1 aromatic carbocycles. The van der Waals surface area contributed by atoms with Crippen LogP contribution in [0.3, 0.4) is 0 Å². The van der Waals surface area contributed by atoms with Crippen molar-refractivity contribution in [3.8, 4) is 0 Å². The van der Waals surface area contributed by atoms with Gasteiger partial charge in [0.05, 0.1) is 6.42 Å². The monoisotopic (exact) mass is 250 g/mol. The molecule has 0 saturated heterocycles. The Kier molecular flexibility index (Phi) is 5.19. The summed E-state index contributed by atoms with van der Waals surface area (Å²) in [5, 5.41) is 0. The van der Waals surface area contributed by atoms with Gasteiger partial charge in [0.25, 0.3) is 0 Å². The molecular weight excluding hydrogens is 232 g/mol. The molecule has 18 heavy (non-hydrogen) atoms. The second-order valence-electron chi connectivity index (χ2n) is 4.19. The molecule has 0 heterocycles. The van der Waals surface area contributed by atoms with Gasteiger partial charge in [-0.3, -0.25) is 9.59 Å². The minimum absolute atomic E-state index is 0.208. The van der Waals surface area contributed by atoms with Crippen LogP contribution in [0.2, 0.25) is 0 Å². The molecule has 0 aliphatic heterocycles. The molecule has 98 valence electrons. The predicted molar refractivity (Wildman–Crippen MR) is 67.7 cm³/mol. The van der Waals surface area contributed by atoms with Gasteiger partial charge in [0.2, 0.25) is 6.29 Å². The van der Waals surface area contributed by atoms with Crippen molar-refractivity contribution in [1.29, 1.82) is 0 Å². The zero-order valence-corrected chi connectivity index (χ0v) is 11.1. The first-order valence-corrected chi connectivity index (χ1v) is 5.68. The summed E-state index contributed by atoms with van der Waals surface area (Å²) in [6.07, 6.45) is -1.18. The molecule has 0 bridgehead atoms. The number of rotatable bonds is 6. The third-order valence-corrected chi connectivity index (χ3v) is 2.72. The molecule has 4 nitrogen and oxygen atoms in total. The lowest BCUT2D eigenvalue weighted by Crippen LogP contribution is -2.27. The molecule has 0 N–H and O–H groups in total. The Morgan fingerprint density at radius 2 is 1.78 bits per heavy atom. The average molecular weight is 250 g/mol. The summed E-state index contributed by atoms with van der Waals surface area (Å²) in [7, 11) is 2.74. The van der Waals surface area contributed by atoms with Crippen LogP contribution in [-0.2, 0) is 14.3 Å². The molecule has 0 aliphatic carbocycles. The molecule has 0 atom stereocenters. The maximum absolute atomic E-state index is 12.0. The van der Waals surface area contributed by atoms with Gasteiger partial charge in [-0.2, -0.15) is 0 Å². The van der Waals surface area contributed by atoms with Gasteiger partial charge in [-0.25, -0.2) is 0 Å². The van der Waals surface area contributed by atoms with Crippen molar-refractivity contribution in [1.82, 2.24) is 0 Å². The van der Waals surface area contributed by atoms with Crippen LogP contribution in [0, 0.1) is 13.8 Å². The minimum atomic E-state index is -0.973. The van der Waals surface area contributed by atoms with Crippen LogP contribution in [0.4, 0.5) is 0 Å². The van der Waals surface area contributed by atoms with Crippen molar-refractivity contribution in [2.45, 2.75) is 26.6 Å². The first-order chi connectivity index (χ1) is 8.49. The van der Waals surface area contributed by atoms with Crippen molar-refractivity contribution in [2.75, 3.05) is 14.2 Å². The average Bonchev–Trinajstić information content (AvgIpc) is 2.33. The van der Waals surface area contributed by atoms with E-state index in [1.807, 2.05) is 26.0 Å². The molecule has 1 rings (SSSR count). The Hall–Kier alpha value is -1.52. The zero-order chi connectivity index (χ0) is 13.7. The summed E-state index contributed by atoms with van der Waals surface area (Å²) in [5.74, 6) is -0.578. The maximum Gasteiger partial charge on any atom is 0.217 e. The van der Waals surface area contributed by atoms with E-state index in [2.05, 4.69) is 0 Å².